The van der Waals surface area contributed by atoms with Gasteiger partial charge in [-0.15, -0.1) is 0 Å². The van der Waals surface area contributed by atoms with Crippen LogP contribution in [0.1, 0.15) is 43.2 Å². The van der Waals surface area contributed by atoms with Crippen LogP contribution in [-0.2, 0) is 11.8 Å². The molecule has 2 aromatic carbocycles. The molecule has 4 rings (SSSR count). The summed E-state index contributed by atoms with van der Waals surface area (Å²) in [6.45, 7) is 6.49. The summed E-state index contributed by atoms with van der Waals surface area (Å²) < 4.78 is 1.74. The smallest absolute Gasteiger partial charge is 0.266 e. The monoisotopic (exact) mass is 403 g/mol. The summed E-state index contributed by atoms with van der Waals surface area (Å²) >= 11 is 1.18. The predicted octanol–water partition coefficient (Wildman–Crippen LogP) is 2.95. The zero-order valence-electron chi connectivity index (χ0n) is 16.5. The molecule has 0 saturated carbocycles. The van der Waals surface area contributed by atoms with Crippen LogP contribution in [0.3, 0.4) is 0 Å². The second-order valence-corrected chi connectivity index (χ2v) is 9.02. The zero-order valence-corrected chi connectivity index (χ0v) is 17.4. The lowest BCUT2D eigenvalue weighted by Crippen LogP contribution is -2.28. The first-order chi connectivity index (χ1) is 13.8. The van der Waals surface area contributed by atoms with Crippen LogP contribution in [0.2, 0.25) is 0 Å². The summed E-state index contributed by atoms with van der Waals surface area (Å²) in [6, 6.07) is 17.7. The Kier molecular flexibility index (Phi) is 4.88. The Balaban J connectivity index is 1.75. The number of fused-ring (bicyclic) bond motifs is 1. The molecule has 0 atom stereocenters. The fraction of sp³-hybridized carbons (Fsp3) is 0.217. The first kappa shape index (κ1) is 19.2. The molecule has 0 saturated heterocycles. The van der Waals surface area contributed by atoms with E-state index in [9.17, 15) is 9.59 Å². The van der Waals surface area contributed by atoms with Crippen LogP contribution in [0.5, 0.6) is 0 Å². The molecule has 0 bridgehead atoms. The number of benzene rings is 2. The van der Waals surface area contributed by atoms with Gasteiger partial charge in [0.2, 0.25) is 4.96 Å². The second-order valence-electron chi connectivity index (χ2n) is 8.01. The van der Waals surface area contributed by atoms with Crippen molar-refractivity contribution in [1.82, 2.24) is 14.6 Å². The number of thiazole rings is 1. The molecule has 0 radical (unpaired) electrons. The van der Waals surface area contributed by atoms with Crippen LogP contribution in [-0.4, -0.2) is 14.6 Å². The highest BCUT2D eigenvalue weighted by Gasteiger charge is 2.13. The van der Waals surface area contributed by atoms with Gasteiger partial charge in [-0.3, -0.25) is 9.59 Å². The lowest BCUT2D eigenvalue weighted by atomic mass is 9.87. The molecular weight excluding hydrogens is 382 g/mol. The Morgan fingerprint density at radius 1 is 1.00 bits per heavy atom. The van der Waals surface area contributed by atoms with Gasteiger partial charge in [0.05, 0.1) is 4.53 Å². The molecule has 0 aliphatic carbocycles. The summed E-state index contributed by atoms with van der Waals surface area (Å²) in [5, 5.41) is 4.30. The molecule has 29 heavy (non-hydrogen) atoms. The van der Waals surface area contributed by atoms with Gasteiger partial charge in [0, 0.05) is 6.42 Å². The molecule has 0 fully saturated rings. The van der Waals surface area contributed by atoms with Crippen molar-refractivity contribution in [3.63, 3.8) is 0 Å². The van der Waals surface area contributed by atoms with Crippen molar-refractivity contribution in [2.75, 3.05) is 0 Å². The SMILES string of the molecule is CC(C)(C)c1ccc(C=c2sc3nc(=O)c(Cc4ccccc4)nn3c2=O)cc1. The van der Waals surface area contributed by atoms with Crippen LogP contribution in [0.15, 0.2) is 64.2 Å². The van der Waals surface area contributed by atoms with Gasteiger partial charge in [0.25, 0.3) is 11.1 Å². The highest BCUT2D eigenvalue weighted by molar-refractivity contribution is 7.15. The molecule has 5 nitrogen and oxygen atoms in total. The van der Waals surface area contributed by atoms with Gasteiger partial charge in [0.1, 0.15) is 5.69 Å². The number of hydrogen-bond acceptors (Lipinski definition) is 5. The summed E-state index contributed by atoms with van der Waals surface area (Å²) in [5.41, 5.74) is 2.80. The average Bonchev–Trinajstić information content (AvgIpc) is 2.97. The van der Waals surface area contributed by atoms with Crippen molar-refractivity contribution in [2.45, 2.75) is 32.6 Å². The molecule has 2 heterocycles. The molecule has 0 amide bonds. The van der Waals surface area contributed by atoms with Gasteiger partial charge in [-0.2, -0.15) is 14.6 Å². The summed E-state index contributed by atoms with van der Waals surface area (Å²) in [7, 11) is 0. The summed E-state index contributed by atoms with van der Waals surface area (Å²) in [6.07, 6.45) is 2.16. The van der Waals surface area contributed by atoms with Gasteiger partial charge in [-0.25, -0.2) is 0 Å². The zero-order chi connectivity index (χ0) is 20.6. The van der Waals surface area contributed by atoms with Crippen LogP contribution >= 0.6 is 11.3 Å². The largest absolute Gasteiger partial charge is 0.296 e. The average molecular weight is 404 g/mol. The third kappa shape index (κ3) is 4.03. The van der Waals surface area contributed by atoms with E-state index in [-0.39, 0.29) is 16.7 Å². The lowest BCUT2D eigenvalue weighted by Gasteiger charge is -2.18. The third-order valence-electron chi connectivity index (χ3n) is 4.74. The van der Waals surface area contributed by atoms with E-state index in [0.29, 0.717) is 15.9 Å². The minimum Gasteiger partial charge on any atom is -0.266 e. The Labute approximate surface area is 172 Å². The second kappa shape index (κ2) is 7.37. The van der Waals surface area contributed by atoms with Crippen molar-refractivity contribution >= 4 is 22.4 Å². The molecule has 0 unspecified atom stereocenters. The first-order valence-corrected chi connectivity index (χ1v) is 10.2. The van der Waals surface area contributed by atoms with Gasteiger partial charge >= 0.3 is 0 Å². The minimum atomic E-state index is -0.392. The molecule has 4 aromatic rings. The highest BCUT2D eigenvalue weighted by Crippen LogP contribution is 2.22. The van der Waals surface area contributed by atoms with Crippen LogP contribution < -0.4 is 15.7 Å². The normalized spacial score (nSPS) is 12.6. The van der Waals surface area contributed by atoms with E-state index in [1.54, 1.807) is 0 Å². The Hall–Kier alpha value is -3.12. The van der Waals surface area contributed by atoms with E-state index < -0.39 is 5.56 Å². The van der Waals surface area contributed by atoms with E-state index in [2.05, 4.69) is 43.0 Å². The molecule has 0 aliphatic heterocycles. The van der Waals surface area contributed by atoms with Crippen LogP contribution in [0.4, 0.5) is 0 Å². The van der Waals surface area contributed by atoms with Crippen molar-refractivity contribution in [3.05, 3.63) is 102 Å². The van der Waals surface area contributed by atoms with Gasteiger partial charge in [0.15, 0.2) is 0 Å². The first-order valence-electron chi connectivity index (χ1n) is 9.40. The molecule has 0 aliphatic rings. The molecule has 0 N–H and O–H groups in total. The van der Waals surface area contributed by atoms with Crippen molar-refractivity contribution < 1.29 is 0 Å². The highest BCUT2D eigenvalue weighted by atomic mass is 32.1. The van der Waals surface area contributed by atoms with Crippen molar-refractivity contribution in [2.24, 2.45) is 0 Å². The summed E-state index contributed by atoms with van der Waals surface area (Å²) in [4.78, 5) is 29.6. The summed E-state index contributed by atoms with van der Waals surface area (Å²) in [5.74, 6) is 0. The maximum atomic E-state index is 12.8. The standard InChI is InChI=1S/C23H21N3O2S/c1-23(2,3)17-11-9-16(10-12-17)14-19-21(28)26-22(29-19)24-20(27)18(25-26)13-15-7-5-4-6-8-15/h4-12,14H,13H2,1-3H3. The topological polar surface area (TPSA) is 64.3 Å². The molecule has 6 heteroatoms. The van der Waals surface area contributed by atoms with Gasteiger partial charge in [-0.05, 0) is 28.2 Å². The van der Waals surface area contributed by atoms with Crippen LogP contribution in [0, 0.1) is 0 Å². The van der Waals surface area contributed by atoms with Crippen molar-refractivity contribution in [1.29, 1.82) is 0 Å². The molecule has 2 aromatic heterocycles. The van der Waals surface area contributed by atoms with Crippen LogP contribution in [0.25, 0.3) is 11.0 Å². The van der Waals surface area contributed by atoms with Crippen molar-refractivity contribution in [3.8, 4) is 0 Å². The quantitative estimate of drug-likeness (QED) is 0.528. The minimum absolute atomic E-state index is 0.0726. The molecular formula is C23H21N3O2S. The number of hydrogen-bond donors (Lipinski definition) is 0. The Bertz CT molecular complexity index is 1330. The van der Waals surface area contributed by atoms with E-state index in [1.807, 2.05) is 48.5 Å². The maximum absolute atomic E-state index is 12.8. The maximum Gasteiger partial charge on any atom is 0.296 e. The predicted molar refractivity (Wildman–Crippen MR) is 117 cm³/mol. The van der Waals surface area contributed by atoms with Gasteiger partial charge < -0.3 is 0 Å². The number of nitrogens with zero attached hydrogens (tertiary/aromatic N) is 3. The van der Waals surface area contributed by atoms with Gasteiger partial charge in [-0.1, -0.05) is 86.7 Å². The fourth-order valence-corrected chi connectivity index (χ4v) is 3.98. The van der Waals surface area contributed by atoms with E-state index in [1.165, 1.54) is 21.4 Å². The molecule has 146 valence electrons. The Morgan fingerprint density at radius 2 is 1.69 bits per heavy atom. The lowest BCUT2D eigenvalue weighted by molar-refractivity contribution is 0.590. The number of aromatic nitrogens is 3. The van der Waals surface area contributed by atoms with E-state index in [0.717, 1.165) is 11.1 Å². The van der Waals surface area contributed by atoms with E-state index in [4.69, 9.17) is 0 Å². The Morgan fingerprint density at radius 3 is 2.34 bits per heavy atom. The fourth-order valence-electron chi connectivity index (χ4n) is 3.07. The van der Waals surface area contributed by atoms with E-state index >= 15 is 0 Å². The third-order valence-corrected chi connectivity index (χ3v) is 5.70. The molecule has 0 spiro atoms. The number of rotatable bonds is 3.